The smallest absolute Gasteiger partial charge is 0.275 e. The highest BCUT2D eigenvalue weighted by Crippen LogP contribution is 2.28. The number of carbonyl (C=O) groups is 1. The molecule has 0 aliphatic heterocycles. The van der Waals surface area contributed by atoms with Crippen LogP contribution in [0.2, 0.25) is 0 Å². The largest absolute Gasteiger partial charge is 0.392 e. The van der Waals surface area contributed by atoms with Gasteiger partial charge in [0.1, 0.15) is 0 Å². The van der Waals surface area contributed by atoms with Crippen LogP contribution in [0.1, 0.15) is 13.3 Å². The van der Waals surface area contributed by atoms with E-state index in [0.29, 0.717) is 0 Å². The van der Waals surface area contributed by atoms with Crippen molar-refractivity contribution in [1.29, 1.82) is 0 Å². The third-order valence-corrected chi connectivity index (χ3v) is 1.66. The number of nitrogens with zero attached hydrogens (tertiary/aromatic N) is 1. The van der Waals surface area contributed by atoms with Gasteiger partial charge in [0, 0.05) is 13.5 Å². The predicted octanol–water partition coefficient (Wildman–Crippen LogP) is 1.59. The van der Waals surface area contributed by atoms with Crippen molar-refractivity contribution in [2.45, 2.75) is 19.5 Å². The zero-order valence-corrected chi connectivity index (χ0v) is 7.68. The zero-order valence-electron chi connectivity index (χ0n) is 7.68. The second kappa shape index (κ2) is 4.45. The SMILES string of the molecule is CON(C)C(=O)CC(C)C(F)(F)F. The molecule has 13 heavy (non-hydrogen) atoms. The summed E-state index contributed by atoms with van der Waals surface area (Å²) < 4.78 is 35.9. The van der Waals surface area contributed by atoms with E-state index < -0.39 is 24.4 Å². The van der Waals surface area contributed by atoms with Gasteiger partial charge in [0.2, 0.25) is 5.91 Å². The van der Waals surface area contributed by atoms with Crippen LogP contribution in [-0.4, -0.2) is 31.3 Å². The molecule has 0 fully saturated rings. The summed E-state index contributed by atoms with van der Waals surface area (Å²) in [5, 5.41) is 0.780. The maximum Gasteiger partial charge on any atom is 0.392 e. The first-order valence-electron chi connectivity index (χ1n) is 3.66. The summed E-state index contributed by atoms with van der Waals surface area (Å²) in [4.78, 5) is 15.4. The van der Waals surface area contributed by atoms with Crippen molar-refractivity contribution in [3.8, 4) is 0 Å². The van der Waals surface area contributed by atoms with Gasteiger partial charge in [-0.3, -0.25) is 9.63 Å². The molecule has 0 saturated heterocycles. The van der Waals surface area contributed by atoms with Crippen molar-refractivity contribution in [2.75, 3.05) is 14.2 Å². The third-order valence-electron chi connectivity index (χ3n) is 1.66. The summed E-state index contributed by atoms with van der Waals surface area (Å²) in [6, 6.07) is 0. The molecule has 0 N–H and O–H groups in total. The monoisotopic (exact) mass is 199 g/mol. The Balaban J connectivity index is 4.07. The lowest BCUT2D eigenvalue weighted by molar-refractivity contribution is -0.189. The topological polar surface area (TPSA) is 29.5 Å². The normalized spacial score (nSPS) is 14.0. The molecule has 1 unspecified atom stereocenters. The van der Waals surface area contributed by atoms with Gasteiger partial charge in [0.25, 0.3) is 0 Å². The van der Waals surface area contributed by atoms with Crippen molar-refractivity contribution in [1.82, 2.24) is 5.06 Å². The van der Waals surface area contributed by atoms with Crippen LogP contribution >= 0.6 is 0 Å². The molecule has 0 radical (unpaired) electrons. The fraction of sp³-hybridized carbons (Fsp3) is 0.857. The maximum atomic E-state index is 12.0. The van der Waals surface area contributed by atoms with Gasteiger partial charge < -0.3 is 0 Å². The molecule has 78 valence electrons. The van der Waals surface area contributed by atoms with E-state index in [1.54, 1.807) is 0 Å². The molecule has 0 bridgehead atoms. The lowest BCUT2D eigenvalue weighted by atomic mass is 10.1. The van der Waals surface area contributed by atoms with E-state index in [1.165, 1.54) is 14.2 Å². The van der Waals surface area contributed by atoms with Crippen LogP contribution in [0.5, 0.6) is 0 Å². The Bertz CT molecular complexity index is 181. The molecule has 0 aliphatic rings. The number of hydrogen-bond acceptors (Lipinski definition) is 2. The van der Waals surface area contributed by atoms with E-state index in [0.717, 1.165) is 12.0 Å². The van der Waals surface area contributed by atoms with Gasteiger partial charge in [-0.2, -0.15) is 13.2 Å². The summed E-state index contributed by atoms with van der Waals surface area (Å²) in [5.74, 6) is -2.33. The Kier molecular flexibility index (Phi) is 4.19. The van der Waals surface area contributed by atoms with E-state index >= 15 is 0 Å². The van der Waals surface area contributed by atoms with Gasteiger partial charge in [-0.05, 0) is 0 Å². The average Bonchev–Trinajstić information content (AvgIpc) is 2.01. The Morgan fingerprint density at radius 2 is 2.00 bits per heavy atom. The maximum absolute atomic E-state index is 12.0. The number of alkyl halides is 3. The standard InChI is InChI=1S/C7H12F3NO2/c1-5(7(8,9)10)4-6(12)11(2)13-3/h5H,4H2,1-3H3. The van der Waals surface area contributed by atoms with Crippen LogP contribution < -0.4 is 0 Å². The minimum atomic E-state index is -4.33. The van der Waals surface area contributed by atoms with Crippen molar-refractivity contribution in [3.63, 3.8) is 0 Å². The number of amides is 1. The van der Waals surface area contributed by atoms with Gasteiger partial charge >= 0.3 is 6.18 Å². The van der Waals surface area contributed by atoms with E-state index in [-0.39, 0.29) is 0 Å². The van der Waals surface area contributed by atoms with Crippen molar-refractivity contribution in [2.24, 2.45) is 5.92 Å². The molecule has 1 atom stereocenters. The number of halogens is 3. The molecule has 3 nitrogen and oxygen atoms in total. The fourth-order valence-electron chi connectivity index (χ4n) is 0.608. The summed E-state index contributed by atoms with van der Waals surface area (Å²) in [7, 11) is 2.49. The molecule has 0 heterocycles. The quantitative estimate of drug-likeness (QED) is 0.646. The first-order valence-corrected chi connectivity index (χ1v) is 3.66. The van der Waals surface area contributed by atoms with Crippen molar-refractivity contribution >= 4 is 5.91 Å². The van der Waals surface area contributed by atoms with Gasteiger partial charge in [0.05, 0.1) is 13.0 Å². The Hall–Kier alpha value is -0.780. The summed E-state index contributed by atoms with van der Waals surface area (Å²) in [6.45, 7) is 0.960. The molecule has 6 heteroatoms. The van der Waals surface area contributed by atoms with Crippen LogP contribution in [0, 0.1) is 5.92 Å². The molecule has 0 aromatic heterocycles. The van der Waals surface area contributed by atoms with Crippen LogP contribution in [0.4, 0.5) is 13.2 Å². The van der Waals surface area contributed by atoms with Gasteiger partial charge in [-0.1, -0.05) is 6.92 Å². The molecule has 0 aliphatic carbocycles. The minimum Gasteiger partial charge on any atom is -0.275 e. The third kappa shape index (κ3) is 4.12. The number of carbonyl (C=O) groups excluding carboxylic acids is 1. The second-order valence-electron chi connectivity index (χ2n) is 2.72. The first-order chi connectivity index (χ1) is 5.79. The Morgan fingerprint density at radius 1 is 1.54 bits per heavy atom. The van der Waals surface area contributed by atoms with Gasteiger partial charge in [-0.25, -0.2) is 5.06 Å². The van der Waals surface area contributed by atoms with Crippen LogP contribution in [0.15, 0.2) is 0 Å². The molecule has 0 aromatic carbocycles. The van der Waals surface area contributed by atoms with E-state index in [4.69, 9.17) is 0 Å². The molecule has 0 spiro atoms. The van der Waals surface area contributed by atoms with E-state index in [2.05, 4.69) is 4.84 Å². The summed E-state index contributed by atoms with van der Waals surface area (Å²) >= 11 is 0. The average molecular weight is 199 g/mol. The summed E-state index contributed by atoms with van der Waals surface area (Å²) in [6.07, 6.45) is -4.92. The highest BCUT2D eigenvalue weighted by Gasteiger charge is 2.37. The Morgan fingerprint density at radius 3 is 2.31 bits per heavy atom. The van der Waals surface area contributed by atoms with Crippen LogP contribution in [0.3, 0.4) is 0 Å². The highest BCUT2D eigenvalue weighted by atomic mass is 19.4. The fourth-order valence-corrected chi connectivity index (χ4v) is 0.608. The molecule has 0 rings (SSSR count). The van der Waals surface area contributed by atoms with Crippen molar-refractivity contribution < 1.29 is 22.8 Å². The predicted molar refractivity (Wildman–Crippen MR) is 39.6 cm³/mol. The lowest BCUT2D eigenvalue weighted by Crippen LogP contribution is -2.31. The zero-order chi connectivity index (χ0) is 10.6. The number of rotatable bonds is 3. The van der Waals surface area contributed by atoms with E-state index in [9.17, 15) is 18.0 Å². The number of hydroxylamine groups is 2. The van der Waals surface area contributed by atoms with E-state index in [1.807, 2.05) is 0 Å². The molecular weight excluding hydrogens is 187 g/mol. The first kappa shape index (κ1) is 12.2. The molecule has 1 amide bonds. The molecule has 0 aromatic rings. The van der Waals surface area contributed by atoms with Gasteiger partial charge in [-0.15, -0.1) is 0 Å². The van der Waals surface area contributed by atoms with Gasteiger partial charge in [0.15, 0.2) is 0 Å². The van der Waals surface area contributed by atoms with Crippen LogP contribution in [-0.2, 0) is 9.63 Å². The second-order valence-corrected chi connectivity index (χ2v) is 2.72. The lowest BCUT2D eigenvalue weighted by Gasteiger charge is -2.18. The minimum absolute atomic E-state index is 0.589. The summed E-state index contributed by atoms with van der Waals surface area (Å²) in [5.41, 5.74) is 0. The number of hydrogen-bond donors (Lipinski definition) is 0. The molecule has 0 saturated carbocycles. The Labute approximate surface area is 74.4 Å². The molecular formula is C7H12F3NO2. The highest BCUT2D eigenvalue weighted by molar-refractivity contribution is 5.75. The van der Waals surface area contributed by atoms with Crippen molar-refractivity contribution in [3.05, 3.63) is 0 Å². The van der Waals surface area contributed by atoms with Crippen LogP contribution in [0.25, 0.3) is 0 Å².